The lowest BCUT2D eigenvalue weighted by Gasteiger charge is -2.06. The number of benzene rings is 1. The van der Waals surface area contributed by atoms with Gasteiger partial charge in [-0.05, 0) is 17.7 Å². The monoisotopic (exact) mass is 272 g/mol. The van der Waals surface area contributed by atoms with Crippen molar-refractivity contribution in [3.05, 3.63) is 35.1 Å². The zero-order valence-corrected chi connectivity index (χ0v) is 10.7. The summed E-state index contributed by atoms with van der Waals surface area (Å²) in [4.78, 5) is 10.7. The second-order valence-electron chi connectivity index (χ2n) is 3.78. The van der Waals surface area contributed by atoms with E-state index in [1.54, 1.807) is 7.11 Å². The summed E-state index contributed by atoms with van der Waals surface area (Å²) in [5.74, 6) is -2.04. The number of methoxy groups -OCH3 is 1. The van der Waals surface area contributed by atoms with Gasteiger partial charge in [-0.15, -0.1) is 0 Å². The van der Waals surface area contributed by atoms with Crippen LogP contribution in [0.4, 0.5) is 4.39 Å². The number of ether oxygens (including phenoxy) is 3. The Kier molecular flexibility index (Phi) is 7.02. The highest BCUT2D eigenvalue weighted by atomic mass is 19.1. The van der Waals surface area contributed by atoms with Gasteiger partial charge in [0.2, 0.25) is 0 Å². The molecule has 1 aromatic carbocycles. The van der Waals surface area contributed by atoms with Gasteiger partial charge in [-0.25, -0.2) is 9.18 Å². The zero-order valence-electron chi connectivity index (χ0n) is 10.7. The van der Waals surface area contributed by atoms with Gasteiger partial charge in [0, 0.05) is 7.11 Å². The van der Waals surface area contributed by atoms with Gasteiger partial charge in [-0.3, -0.25) is 0 Å². The van der Waals surface area contributed by atoms with Crippen molar-refractivity contribution in [2.45, 2.75) is 6.61 Å². The molecule has 0 unspecified atom stereocenters. The molecule has 0 fully saturated rings. The number of carboxylic acid groups (broad SMARTS) is 1. The van der Waals surface area contributed by atoms with Crippen molar-refractivity contribution in [1.82, 2.24) is 0 Å². The SMILES string of the molecule is COCCOCCOCc1ccc(F)c(C(=O)O)c1. The number of hydrogen-bond donors (Lipinski definition) is 1. The summed E-state index contributed by atoms with van der Waals surface area (Å²) in [6.07, 6.45) is 0. The van der Waals surface area contributed by atoms with E-state index in [9.17, 15) is 9.18 Å². The Morgan fingerprint density at radius 3 is 2.58 bits per heavy atom. The average molecular weight is 272 g/mol. The van der Waals surface area contributed by atoms with Crippen molar-refractivity contribution in [3.8, 4) is 0 Å². The van der Waals surface area contributed by atoms with Gasteiger partial charge < -0.3 is 19.3 Å². The Labute approximate surface area is 110 Å². The molecule has 6 heteroatoms. The number of aromatic carboxylic acids is 1. The first-order valence-corrected chi connectivity index (χ1v) is 5.81. The van der Waals surface area contributed by atoms with Crippen molar-refractivity contribution >= 4 is 5.97 Å². The minimum Gasteiger partial charge on any atom is -0.478 e. The van der Waals surface area contributed by atoms with Crippen LogP contribution in [0.5, 0.6) is 0 Å². The molecule has 5 nitrogen and oxygen atoms in total. The van der Waals surface area contributed by atoms with E-state index >= 15 is 0 Å². The summed E-state index contributed by atoms with van der Waals surface area (Å²) in [7, 11) is 1.59. The highest BCUT2D eigenvalue weighted by Crippen LogP contribution is 2.11. The molecule has 1 aromatic rings. The van der Waals surface area contributed by atoms with Gasteiger partial charge in [-0.1, -0.05) is 6.07 Å². The molecule has 0 spiro atoms. The number of carboxylic acids is 1. The molecule has 0 saturated carbocycles. The molecule has 0 saturated heterocycles. The molecule has 0 heterocycles. The Morgan fingerprint density at radius 1 is 1.21 bits per heavy atom. The molecule has 1 N–H and O–H groups in total. The van der Waals surface area contributed by atoms with Crippen LogP contribution in [0.1, 0.15) is 15.9 Å². The summed E-state index contributed by atoms with van der Waals surface area (Å²) in [6, 6.07) is 3.88. The molecule has 0 aliphatic rings. The van der Waals surface area contributed by atoms with Crippen LogP contribution in [0.15, 0.2) is 18.2 Å². The molecule has 1 rings (SSSR count). The Bertz CT molecular complexity index is 408. The van der Waals surface area contributed by atoms with Gasteiger partial charge in [-0.2, -0.15) is 0 Å². The molecular formula is C13H17FO5. The quantitative estimate of drug-likeness (QED) is 0.693. The number of rotatable bonds is 9. The molecule has 0 aromatic heterocycles. The van der Waals surface area contributed by atoms with E-state index in [2.05, 4.69) is 0 Å². The molecule has 0 aliphatic carbocycles. The molecule has 0 atom stereocenters. The number of halogens is 1. The van der Waals surface area contributed by atoms with Gasteiger partial charge >= 0.3 is 5.97 Å². The van der Waals surface area contributed by atoms with Crippen LogP contribution in [-0.2, 0) is 20.8 Å². The first-order chi connectivity index (χ1) is 9.15. The van der Waals surface area contributed by atoms with E-state index in [1.165, 1.54) is 12.1 Å². The highest BCUT2D eigenvalue weighted by molar-refractivity contribution is 5.88. The molecule has 0 radical (unpaired) electrons. The second kappa shape index (κ2) is 8.58. The van der Waals surface area contributed by atoms with Crippen molar-refractivity contribution in [2.75, 3.05) is 33.5 Å². The average Bonchev–Trinajstić information content (AvgIpc) is 2.39. The van der Waals surface area contributed by atoms with Crippen molar-refractivity contribution < 1.29 is 28.5 Å². The zero-order chi connectivity index (χ0) is 14.1. The van der Waals surface area contributed by atoms with E-state index in [0.717, 1.165) is 6.07 Å². The standard InChI is InChI=1S/C13H17FO5/c1-17-4-5-18-6-7-19-9-10-2-3-12(14)11(8-10)13(15)16/h2-3,8H,4-7,9H2,1H3,(H,15,16). The molecule has 19 heavy (non-hydrogen) atoms. The van der Waals surface area contributed by atoms with E-state index in [-0.39, 0.29) is 12.2 Å². The summed E-state index contributed by atoms with van der Waals surface area (Å²) in [6.45, 7) is 2.05. The largest absolute Gasteiger partial charge is 0.478 e. The van der Waals surface area contributed by atoms with Crippen molar-refractivity contribution in [1.29, 1.82) is 0 Å². The first-order valence-electron chi connectivity index (χ1n) is 5.81. The normalized spacial score (nSPS) is 10.6. The molecule has 106 valence electrons. The van der Waals surface area contributed by atoms with Crippen LogP contribution < -0.4 is 0 Å². The summed E-state index contributed by atoms with van der Waals surface area (Å²) in [5, 5.41) is 8.77. The summed E-state index contributed by atoms with van der Waals surface area (Å²) in [5.41, 5.74) is 0.258. The van der Waals surface area contributed by atoms with Crippen LogP contribution in [-0.4, -0.2) is 44.6 Å². The smallest absolute Gasteiger partial charge is 0.338 e. The van der Waals surface area contributed by atoms with Crippen molar-refractivity contribution in [3.63, 3.8) is 0 Å². The van der Waals surface area contributed by atoms with Crippen LogP contribution in [0.25, 0.3) is 0 Å². The van der Waals surface area contributed by atoms with Gasteiger partial charge in [0.15, 0.2) is 0 Å². The molecule has 0 bridgehead atoms. The summed E-state index contributed by atoms with van der Waals surface area (Å²) < 4.78 is 28.4. The molecule has 0 amide bonds. The van der Waals surface area contributed by atoms with E-state index in [1.807, 2.05) is 0 Å². The highest BCUT2D eigenvalue weighted by Gasteiger charge is 2.10. The van der Waals surface area contributed by atoms with Gasteiger partial charge in [0.05, 0.1) is 38.6 Å². The fourth-order valence-corrected chi connectivity index (χ4v) is 1.38. The minimum absolute atomic E-state index is 0.216. The third-order valence-corrected chi connectivity index (χ3v) is 2.33. The maximum absolute atomic E-state index is 13.1. The van der Waals surface area contributed by atoms with Crippen LogP contribution in [0.3, 0.4) is 0 Å². The lowest BCUT2D eigenvalue weighted by atomic mass is 10.1. The van der Waals surface area contributed by atoms with E-state index in [4.69, 9.17) is 19.3 Å². The molecule has 0 aliphatic heterocycles. The second-order valence-corrected chi connectivity index (χ2v) is 3.78. The third-order valence-electron chi connectivity index (χ3n) is 2.33. The van der Waals surface area contributed by atoms with Crippen molar-refractivity contribution in [2.24, 2.45) is 0 Å². The maximum Gasteiger partial charge on any atom is 0.338 e. The number of carbonyl (C=O) groups is 1. The van der Waals surface area contributed by atoms with E-state index < -0.39 is 11.8 Å². The fraction of sp³-hybridized carbons (Fsp3) is 0.462. The predicted molar refractivity (Wildman–Crippen MR) is 65.7 cm³/mol. The third kappa shape index (κ3) is 5.78. The first kappa shape index (κ1) is 15.6. The molecular weight excluding hydrogens is 255 g/mol. The lowest BCUT2D eigenvalue weighted by Crippen LogP contribution is -2.08. The Balaban J connectivity index is 2.30. The fourth-order valence-electron chi connectivity index (χ4n) is 1.38. The summed E-state index contributed by atoms with van der Waals surface area (Å²) >= 11 is 0. The number of hydrogen-bond acceptors (Lipinski definition) is 4. The van der Waals surface area contributed by atoms with E-state index in [0.29, 0.717) is 32.0 Å². The van der Waals surface area contributed by atoms with Gasteiger partial charge in [0.25, 0.3) is 0 Å². The maximum atomic E-state index is 13.1. The Hall–Kier alpha value is -1.50. The minimum atomic E-state index is -1.29. The van der Waals surface area contributed by atoms with Crippen LogP contribution in [0, 0.1) is 5.82 Å². The Morgan fingerprint density at radius 2 is 1.89 bits per heavy atom. The van der Waals surface area contributed by atoms with Gasteiger partial charge in [0.1, 0.15) is 5.82 Å². The van der Waals surface area contributed by atoms with Crippen LogP contribution >= 0.6 is 0 Å². The predicted octanol–water partition coefficient (Wildman–Crippen LogP) is 1.70. The topological polar surface area (TPSA) is 65.0 Å². The lowest BCUT2D eigenvalue weighted by molar-refractivity contribution is 0.0199. The van der Waals surface area contributed by atoms with Crippen LogP contribution in [0.2, 0.25) is 0 Å².